The van der Waals surface area contributed by atoms with Gasteiger partial charge in [0.1, 0.15) is 5.75 Å². The Kier molecular flexibility index (Phi) is 6.15. The first kappa shape index (κ1) is 18.5. The van der Waals surface area contributed by atoms with Crippen LogP contribution in [0.25, 0.3) is 6.08 Å². The fourth-order valence-electron chi connectivity index (χ4n) is 1.97. The Morgan fingerprint density at radius 3 is 2.32 bits per heavy atom. The minimum absolute atomic E-state index is 0.226. The second kappa shape index (κ2) is 8.32. The molecule has 0 aromatic heterocycles. The van der Waals surface area contributed by atoms with Gasteiger partial charge in [-0.25, -0.2) is 0 Å². The van der Waals surface area contributed by atoms with Gasteiger partial charge in [-0.2, -0.15) is 8.42 Å². The average Bonchev–Trinajstić information content (AvgIpc) is 2.58. The Labute approximate surface area is 146 Å². The molecule has 0 aliphatic rings. The third kappa shape index (κ3) is 6.66. The lowest BCUT2D eigenvalue weighted by molar-refractivity contribution is -0.116. The third-order valence-corrected chi connectivity index (χ3v) is 3.70. The monoisotopic (exact) mass is 362 g/mol. The summed E-state index contributed by atoms with van der Waals surface area (Å²) in [7, 11) is -2.70. The molecule has 3 N–H and O–H groups in total. The highest BCUT2D eigenvalue weighted by Gasteiger charge is 2.03. The average molecular weight is 362 g/mol. The number of carbonyl (C=O) groups excluding carboxylic acids is 1. The smallest absolute Gasteiger partial charge is 0.357 e. The number of ether oxygens (including phenoxy) is 1. The van der Waals surface area contributed by atoms with Crippen molar-refractivity contribution < 1.29 is 22.5 Å². The number of hydrogen-bond acceptors (Lipinski definition) is 4. The molecule has 2 aromatic carbocycles. The van der Waals surface area contributed by atoms with Crippen molar-refractivity contribution in [1.29, 1.82) is 0 Å². The molecule has 0 aliphatic heterocycles. The Balaban J connectivity index is 1.86. The van der Waals surface area contributed by atoms with Gasteiger partial charge in [0.2, 0.25) is 5.91 Å². The van der Waals surface area contributed by atoms with Gasteiger partial charge in [-0.05, 0) is 41.5 Å². The molecule has 132 valence electrons. The van der Waals surface area contributed by atoms with Crippen LogP contribution in [0.15, 0.2) is 54.6 Å². The minimum atomic E-state index is -4.29. The summed E-state index contributed by atoms with van der Waals surface area (Å²) >= 11 is 0. The van der Waals surface area contributed by atoms with E-state index in [1.165, 1.54) is 18.2 Å². The van der Waals surface area contributed by atoms with Crippen LogP contribution in [-0.2, 0) is 21.6 Å². The van der Waals surface area contributed by atoms with Gasteiger partial charge in [-0.1, -0.05) is 24.3 Å². The highest BCUT2D eigenvalue weighted by Crippen LogP contribution is 2.12. The highest BCUT2D eigenvalue weighted by atomic mass is 32.2. The molecule has 0 aliphatic carbocycles. The lowest BCUT2D eigenvalue weighted by atomic mass is 10.2. The molecule has 2 aromatic rings. The number of hydrogen-bond donors (Lipinski definition) is 3. The molecule has 25 heavy (non-hydrogen) atoms. The van der Waals surface area contributed by atoms with E-state index in [0.717, 1.165) is 11.3 Å². The summed E-state index contributed by atoms with van der Waals surface area (Å²) in [4.78, 5) is 11.8. The maximum Gasteiger partial charge on any atom is 0.357 e. The molecule has 0 bridgehead atoms. The fourth-order valence-corrected chi connectivity index (χ4v) is 2.41. The molecule has 0 heterocycles. The molecule has 7 nitrogen and oxygen atoms in total. The molecule has 0 fully saturated rings. The van der Waals surface area contributed by atoms with E-state index in [4.69, 9.17) is 9.29 Å². The Hall–Kier alpha value is -2.84. The number of anilines is 1. The summed E-state index contributed by atoms with van der Waals surface area (Å²) in [5.74, 6) is 0.498. The molecular formula is C17H18N2O5S. The standard InChI is InChI=1S/C17H18N2O5S/c1-24-16-9-4-14(5-10-16)12-18-17(20)11-6-13-2-7-15(8-3-13)19-25(21,22)23/h2-11,19H,12H2,1H3,(H,18,20)(H,21,22,23)/b11-6+. The van der Waals surface area contributed by atoms with Gasteiger partial charge in [0.25, 0.3) is 0 Å². The number of carbonyl (C=O) groups is 1. The van der Waals surface area contributed by atoms with E-state index in [1.807, 2.05) is 29.0 Å². The van der Waals surface area contributed by atoms with Gasteiger partial charge >= 0.3 is 10.3 Å². The molecule has 0 spiro atoms. The van der Waals surface area contributed by atoms with Crippen molar-refractivity contribution in [3.63, 3.8) is 0 Å². The number of amides is 1. The van der Waals surface area contributed by atoms with E-state index in [9.17, 15) is 13.2 Å². The molecule has 1 amide bonds. The lowest BCUT2D eigenvalue weighted by Gasteiger charge is -2.04. The first-order chi connectivity index (χ1) is 11.9. The van der Waals surface area contributed by atoms with Crippen molar-refractivity contribution in [2.24, 2.45) is 0 Å². The second-order valence-electron chi connectivity index (χ2n) is 5.10. The second-order valence-corrected chi connectivity index (χ2v) is 6.25. The zero-order valence-electron chi connectivity index (χ0n) is 13.5. The molecule has 0 unspecified atom stereocenters. The summed E-state index contributed by atoms with van der Waals surface area (Å²) in [6.07, 6.45) is 2.98. The van der Waals surface area contributed by atoms with E-state index in [1.54, 1.807) is 25.3 Å². The van der Waals surface area contributed by atoms with Crippen LogP contribution in [0.4, 0.5) is 5.69 Å². The van der Waals surface area contributed by atoms with Crippen LogP contribution < -0.4 is 14.8 Å². The summed E-state index contributed by atoms with van der Waals surface area (Å²) in [6, 6.07) is 13.5. The molecule has 0 atom stereocenters. The Morgan fingerprint density at radius 2 is 1.76 bits per heavy atom. The quantitative estimate of drug-likeness (QED) is 0.517. The summed E-state index contributed by atoms with van der Waals surface area (Å²) in [5.41, 5.74) is 1.88. The van der Waals surface area contributed by atoms with Gasteiger partial charge in [0, 0.05) is 12.6 Å². The van der Waals surface area contributed by atoms with Crippen molar-refractivity contribution in [3.05, 3.63) is 65.7 Å². The number of methoxy groups -OCH3 is 1. The molecule has 0 saturated carbocycles. The molecule has 0 radical (unpaired) electrons. The van der Waals surface area contributed by atoms with Crippen molar-refractivity contribution in [1.82, 2.24) is 5.32 Å². The van der Waals surface area contributed by atoms with Crippen LogP contribution in [0.3, 0.4) is 0 Å². The largest absolute Gasteiger partial charge is 0.497 e. The third-order valence-electron chi connectivity index (χ3n) is 3.21. The van der Waals surface area contributed by atoms with Crippen molar-refractivity contribution in [2.75, 3.05) is 11.8 Å². The summed E-state index contributed by atoms with van der Waals surface area (Å²) < 4.78 is 37.1. The number of benzene rings is 2. The van der Waals surface area contributed by atoms with Crippen LogP contribution in [0, 0.1) is 0 Å². The van der Waals surface area contributed by atoms with Crippen molar-refractivity contribution >= 4 is 28.0 Å². The van der Waals surface area contributed by atoms with Gasteiger partial charge in [0.15, 0.2) is 0 Å². The first-order valence-corrected chi connectivity index (χ1v) is 8.74. The molecular weight excluding hydrogens is 344 g/mol. The van der Waals surface area contributed by atoms with E-state index >= 15 is 0 Å². The molecule has 8 heteroatoms. The fraction of sp³-hybridized carbons (Fsp3) is 0.118. The van der Waals surface area contributed by atoms with Crippen LogP contribution in [-0.4, -0.2) is 26.0 Å². The van der Waals surface area contributed by atoms with Crippen molar-refractivity contribution in [3.8, 4) is 5.75 Å². The number of nitrogens with one attached hydrogen (secondary N) is 2. The van der Waals surface area contributed by atoms with E-state index < -0.39 is 10.3 Å². The van der Waals surface area contributed by atoms with Gasteiger partial charge in [-0.3, -0.25) is 14.1 Å². The first-order valence-electron chi connectivity index (χ1n) is 7.30. The van der Waals surface area contributed by atoms with Gasteiger partial charge < -0.3 is 10.1 Å². The SMILES string of the molecule is COc1ccc(CNC(=O)/C=C/c2ccc(NS(=O)(=O)O)cc2)cc1. The van der Waals surface area contributed by atoms with Crippen molar-refractivity contribution in [2.45, 2.75) is 6.54 Å². The van der Waals surface area contributed by atoms with Crippen LogP contribution >= 0.6 is 0 Å². The lowest BCUT2D eigenvalue weighted by Crippen LogP contribution is -2.20. The van der Waals surface area contributed by atoms with E-state index in [0.29, 0.717) is 12.1 Å². The number of rotatable bonds is 7. The topological polar surface area (TPSA) is 105 Å². The van der Waals surface area contributed by atoms with E-state index in [-0.39, 0.29) is 11.6 Å². The Morgan fingerprint density at radius 1 is 1.12 bits per heavy atom. The predicted molar refractivity (Wildman–Crippen MR) is 95.5 cm³/mol. The van der Waals surface area contributed by atoms with Crippen LogP contribution in [0.5, 0.6) is 5.75 Å². The Bertz CT molecular complexity index is 844. The zero-order chi connectivity index (χ0) is 18.3. The molecule has 0 saturated heterocycles. The maximum atomic E-state index is 11.8. The van der Waals surface area contributed by atoms with E-state index in [2.05, 4.69) is 5.32 Å². The summed E-state index contributed by atoms with van der Waals surface area (Å²) in [6.45, 7) is 0.393. The minimum Gasteiger partial charge on any atom is -0.497 e. The van der Waals surface area contributed by atoms with Gasteiger partial charge in [0.05, 0.1) is 12.8 Å². The summed E-state index contributed by atoms with van der Waals surface area (Å²) in [5, 5.41) is 2.76. The predicted octanol–water partition coefficient (Wildman–Crippen LogP) is 2.24. The molecule has 2 rings (SSSR count). The van der Waals surface area contributed by atoms with Crippen LogP contribution in [0.1, 0.15) is 11.1 Å². The zero-order valence-corrected chi connectivity index (χ0v) is 14.3. The van der Waals surface area contributed by atoms with Gasteiger partial charge in [-0.15, -0.1) is 0 Å². The maximum absolute atomic E-state index is 11.8. The normalized spacial score (nSPS) is 11.3. The highest BCUT2D eigenvalue weighted by molar-refractivity contribution is 7.87. The van der Waals surface area contributed by atoms with Crippen LogP contribution in [0.2, 0.25) is 0 Å².